The SMILES string of the molecule is C=C(BC[C@@H]1CC[C@@](C)(C(=C)CCC)C1)CCCCCCCCC. The Morgan fingerprint density at radius 3 is 2.29 bits per heavy atom. The second-order valence-corrected chi connectivity index (χ2v) is 8.68. The molecule has 0 nitrogen and oxygen atoms in total. The van der Waals surface area contributed by atoms with Gasteiger partial charge in [-0.2, -0.15) is 0 Å². The van der Waals surface area contributed by atoms with Gasteiger partial charge in [0.2, 0.25) is 0 Å². The first-order valence-electron chi connectivity index (χ1n) is 10.9. The van der Waals surface area contributed by atoms with Crippen LogP contribution < -0.4 is 0 Å². The highest BCUT2D eigenvalue weighted by Crippen LogP contribution is 2.48. The molecule has 0 N–H and O–H groups in total. The number of allylic oxidation sites excluding steroid dienone is 2. The van der Waals surface area contributed by atoms with Crippen molar-refractivity contribution >= 4 is 7.28 Å². The van der Waals surface area contributed by atoms with Crippen LogP contribution in [-0.4, -0.2) is 7.28 Å². The van der Waals surface area contributed by atoms with E-state index < -0.39 is 0 Å². The zero-order chi connectivity index (χ0) is 17.8. The maximum Gasteiger partial charge on any atom is 0.151 e. The van der Waals surface area contributed by atoms with Crippen molar-refractivity contribution < 1.29 is 0 Å². The van der Waals surface area contributed by atoms with E-state index in [1.807, 2.05) is 0 Å². The molecule has 2 atom stereocenters. The van der Waals surface area contributed by atoms with Crippen molar-refractivity contribution in [3.63, 3.8) is 0 Å². The van der Waals surface area contributed by atoms with Crippen LogP contribution in [0.15, 0.2) is 24.2 Å². The fourth-order valence-electron chi connectivity index (χ4n) is 4.40. The Kier molecular flexibility index (Phi) is 10.8. The van der Waals surface area contributed by atoms with E-state index in [2.05, 4.69) is 33.9 Å². The molecule has 0 radical (unpaired) electrons. The third kappa shape index (κ3) is 8.08. The van der Waals surface area contributed by atoms with Crippen LogP contribution in [0.2, 0.25) is 6.32 Å². The van der Waals surface area contributed by atoms with Gasteiger partial charge >= 0.3 is 0 Å². The van der Waals surface area contributed by atoms with E-state index >= 15 is 0 Å². The van der Waals surface area contributed by atoms with E-state index in [0.717, 1.165) is 5.92 Å². The Bertz CT molecular complexity index is 370. The molecule has 1 aliphatic carbocycles. The molecular weight excluding hydrogens is 287 g/mol. The lowest BCUT2D eigenvalue weighted by molar-refractivity contribution is 0.383. The molecule has 0 saturated heterocycles. The van der Waals surface area contributed by atoms with Crippen molar-refractivity contribution in [2.24, 2.45) is 11.3 Å². The summed E-state index contributed by atoms with van der Waals surface area (Å²) < 4.78 is 0. The van der Waals surface area contributed by atoms with Crippen molar-refractivity contribution in [2.45, 2.75) is 111 Å². The van der Waals surface area contributed by atoms with Gasteiger partial charge in [0.15, 0.2) is 7.28 Å². The van der Waals surface area contributed by atoms with Gasteiger partial charge in [0.25, 0.3) is 0 Å². The Balaban J connectivity index is 2.10. The summed E-state index contributed by atoms with van der Waals surface area (Å²) in [5.74, 6) is 0.911. The molecule has 138 valence electrons. The molecule has 0 aliphatic heterocycles. The normalized spacial score (nSPS) is 23.4. The molecule has 0 bridgehead atoms. The Labute approximate surface area is 153 Å². The summed E-state index contributed by atoms with van der Waals surface area (Å²) >= 11 is 0. The van der Waals surface area contributed by atoms with Gasteiger partial charge in [-0.3, -0.25) is 0 Å². The van der Waals surface area contributed by atoms with Crippen molar-refractivity contribution in [1.82, 2.24) is 0 Å². The zero-order valence-electron chi connectivity index (χ0n) is 17.1. The lowest BCUT2D eigenvalue weighted by Gasteiger charge is -2.27. The molecule has 24 heavy (non-hydrogen) atoms. The molecule has 0 aromatic carbocycles. The summed E-state index contributed by atoms with van der Waals surface area (Å²) in [6.45, 7) is 15.8. The molecule has 0 amide bonds. The monoisotopic (exact) mass is 330 g/mol. The maximum absolute atomic E-state index is 4.39. The summed E-state index contributed by atoms with van der Waals surface area (Å²) in [6.07, 6.45) is 19.0. The van der Waals surface area contributed by atoms with Crippen LogP contribution in [0.25, 0.3) is 0 Å². The van der Waals surface area contributed by atoms with E-state index in [1.165, 1.54) is 108 Å². The number of rotatable bonds is 14. The highest BCUT2D eigenvalue weighted by molar-refractivity contribution is 6.45. The molecule has 0 aromatic heterocycles. The fraction of sp³-hybridized carbons (Fsp3) is 0.826. The first-order chi connectivity index (χ1) is 11.5. The van der Waals surface area contributed by atoms with Crippen molar-refractivity contribution in [3.05, 3.63) is 24.2 Å². The molecule has 1 fully saturated rings. The third-order valence-corrected chi connectivity index (χ3v) is 6.29. The minimum Gasteiger partial charge on any atom is -0.113 e. The molecule has 1 heteroatoms. The van der Waals surface area contributed by atoms with Crippen LogP contribution in [0.1, 0.15) is 104 Å². The average molecular weight is 330 g/mol. The Hall–Kier alpha value is -0.455. The van der Waals surface area contributed by atoms with Gasteiger partial charge in [-0.05, 0) is 37.0 Å². The van der Waals surface area contributed by atoms with Crippen LogP contribution in [0.3, 0.4) is 0 Å². The van der Waals surface area contributed by atoms with Crippen LogP contribution in [0.4, 0.5) is 0 Å². The largest absolute Gasteiger partial charge is 0.151 e. The predicted molar refractivity (Wildman–Crippen MR) is 113 cm³/mol. The topological polar surface area (TPSA) is 0 Å². The predicted octanol–water partition coefficient (Wildman–Crippen LogP) is 7.66. The van der Waals surface area contributed by atoms with E-state index in [1.54, 1.807) is 0 Å². The molecule has 0 spiro atoms. The van der Waals surface area contributed by atoms with E-state index in [-0.39, 0.29) is 0 Å². The van der Waals surface area contributed by atoms with Crippen LogP contribution in [-0.2, 0) is 0 Å². The number of hydrogen-bond acceptors (Lipinski definition) is 0. The van der Waals surface area contributed by atoms with Gasteiger partial charge in [0.1, 0.15) is 0 Å². The van der Waals surface area contributed by atoms with Gasteiger partial charge in [0.05, 0.1) is 0 Å². The molecule has 1 saturated carbocycles. The smallest absolute Gasteiger partial charge is 0.113 e. The summed E-state index contributed by atoms with van der Waals surface area (Å²) in [7, 11) is 1.26. The molecule has 1 rings (SSSR count). The standard InChI is InChI=1S/C23H43B/c1-6-8-9-10-11-12-13-15-21(4)24-19-22-16-17-23(5,18-22)20(3)14-7-2/h22,24H,3-4,6-19H2,1-2,5H3/t22-,23-/m1/s1. The molecule has 1 aliphatic rings. The van der Waals surface area contributed by atoms with E-state index in [4.69, 9.17) is 0 Å². The second-order valence-electron chi connectivity index (χ2n) is 8.68. The summed E-state index contributed by atoms with van der Waals surface area (Å²) in [5.41, 5.74) is 3.44. The highest BCUT2D eigenvalue weighted by Gasteiger charge is 2.36. The van der Waals surface area contributed by atoms with Crippen LogP contribution in [0, 0.1) is 11.3 Å². The minimum atomic E-state index is 0.431. The zero-order valence-corrected chi connectivity index (χ0v) is 17.1. The Morgan fingerprint density at radius 2 is 1.62 bits per heavy atom. The van der Waals surface area contributed by atoms with Crippen molar-refractivity contribution in [2.75, 3.05) is 0 Å². The molecule has 0 heterocycles. The highest BCUT2D eigenvalue weighted by atomic mass is 14.4. The van der Waals surface area contributed by atoms with E-state index in [9.17, 15) is 0 Å². The van der Waals surface area contributed by atoms with Gasteiger partial charge in [-0.15, -0.1) is 12.1 Å². The summed E-state index contributed by atoms with van der Waals surface area (Å²) in [5, 5.41) is 0. The summed E-state index contributed by atoms with van der Waals surface area (Å²) in [6, 6.07) is 0. The van der Waals surface area contributed by atoms with Crippen molar-refractivity contribution in [1.29, 1.82) is 0 Å². The first-order valence-corrected chi connectivity index (χ1v) is 10.9. The van der Waals surface area contributed by atoms with Gasteiger partial charge in [0, 0.05) is 0 Å². The lowest BCUT2D eigenvalue weighted by atomic mass is 9.61. The Morgan fingerprint density at radius 1 is 0.958 bits per heavy atom. The molecule has 0 aromatic rings. The average Bonchev–Trinajstić information content (AvgIpc) is 2.95. The van der Waals surface area contributed by atoms with E-state index in [0.29, 0.717) is 5.41 Å². The van der Waals surface area contributed by atoms with Gasteiger partial charge in [-0.25, -0.2) is 0 Å². The summed E-state index contributed by atoms with van der Waals surface area (Å²) in [4.78, 5) is 0. The molecule has 0 unspecified atom stereocenters. The number of unbranched alkanes of at least 4 members (excludes halogenated alkanes) is 6. The third-order valence-electron chi connectivity index (χ3n) is 6.29. The quantitative estimate of drug-likeness (QED) is 0.174. The first kappa shape index (κ1) is 21.6. The maximum atomic E-state index is 4.39. The van der Waals surface area contributed by atoms with Crippen LogP contribution >= 0.6 is 0 Å². The second kappa shape index (κ2) is 12.0. The minimum absolute atomic E-state index is 0.431. The van der Waals surface area contributed by atoms with Gasteiger partial charge < -0.3 is 0 Å². The lowest BCUT2D eigenvalue weighted by Crippen LogP contribution is -2.15. The van der Waals surface area contributed by atoms with Crippen LogP contribution in [0.5, 0.6) is 0 Å². The fourth-order valence-corrected chi connectivity index (χ4v) is 4.40. The van der Waals surface area contributed by atoms with Gasteiger partial charge in [-0.1, -0.05) is 97.0 Å². The number of hydrogen-bond donors (Lipinski definition) is 0. The molecular formula is C23H43B. The van der Waals surface area contributed by atoms with Crippen molar-refractivity contribution in [3.8, 4) is 0 Å².